The Morgan fingerprint density at radius 1 is 1.09 bits per heavy atom. The summed E-state index contributed by atoms with van der Waals surface area (Å²) in [4.78, 5) is 23.8. The van der Waals surface area contributed by atoms with Crippen LogP contribution in [-0.4, -0.2) is 39.9 Å². The average Bonchev–Trinajstić information content (AvgIpc) is 3.43. The topological polar surface area (TPSA) is 61.0 Å². The number of carbonyl (C=O) groups excluding carboxylic acids is 1. The predicted octanol–water partition coefficient (Wildman–Crippen LogP) is 4.96. The Morgan fingerprint density at radius 3 is 2.62 bits per heavy atom. The summed E-state index contributed by atoms with van der Waals surface area (Å²) in [6.45, 7) is 2.82. The lowest BCUT2D eigenvalue weighted by Gasteiger charge is -2.32. The molecule has 32 heavy (non-hydrogen) atoms. The molecule has 0 aliphatic carbocycles. The Balaban J connectivity index is 1.19. The van der Waals surface area contributed by atoms with Crippen LogP contribution in [0.15, 0.2) is 54.6 Å². The van der Waals surface area contributed by atoms with Gasteiger partial charge in [-0.2, -0.15) is 0 Å². The van der Waals surface area contributed by atoms with E-state index in [9.17, 15) is 13.6 Å². The van der Waals surface area contributed by atoms with Crippen LogP contribution in [-0.2, 0) is 6.54 Å². The van der Waals surface area contributed by atoms with Gasteiger partial charge in [0, 0.05) is 37.8 Å². The zero-order chi connectivity index (χ0) is 22.1. The molecule has 0 unspecified atom stereocenters. The first-order valence-corrected chi connectivity index (χ1v) is 11.4. The van der Waals surface area contributed by atoms with Crippen molar-refractivity contribution >= 4 is 28.3 Å². The number of rotatable bonds is 5. The van der Waals surface area contributed by atoms with Crippen molar-refractivity contribution in [2.45, 2.75) is 25.4 Å². The first-order valence-electron chi connectivity index (χ1n) is 10.6. The third-order valence-corrected chi connectivity index (χ3v) is 6.85. The van der Waals surface area contributed by atoms with Crippen molar-refractivity contribution in [3.05, 3.63) is 76.7 Å². The molecule has 4 aromatic rings. The summed E-state index contributed by atoms with van der Waals surface area (Å²) in [5.41, 5.74) is 2.07. The number of amides is 1. The van der Waals surface area contributed by atoms with Gasteiger partial charge in [0.25, 0.3) is 5.91 Å². The lowest BCUT2D eigenvalue weighted by Crippen LogP contribution is -2.44. The second-order valence-electron chi connectivity index (χ2n) is 8.04. The van der Waals surface area contributed by atoms with Crippen molar-refractivity contribution in [1.29, 1.82) is 0 Å². The van der Waals surface area contributed by atoms with Gasteiger partial charge in [-0.1, -0.05) is 30.3 Å². The Bertz CT molecular complexity index is 1210. The van der Waals surface area contributed by atoms with Crippen molar-refractivity contribution in [1.82, 2.24) is 20.2 Å². The lowest BCUT2D eigenvalue weighted by molar-refractivity contribution is 0.0913. The van der Waals surface area contributed by atoms with Gasteiger partial charge in [0.05, 0.1) is 20.8 Å². The van der Waals surface area contributed by atoms with Gasteiger partial charge in [-0.15, -0.1) is 11.3 Å². The molecule has 0 atom stereocenters. The number of thiophene rings is 1. The van der Waals surface area contributed by atoms with Crippen LogP contribution >= 0.6 is 11.3 Å². The van der Waals surface area contributed by atoms with E-state index >= 15 is 0 Å². The Kier molecular flexibility index (Phi) is 5.71. The van der Waals surface area contributed by atoms with Gasteiger partial charge in [0.1, 0.15) is 5.82 Å². The fourth-order valence-electron chi connectivity index (χ4n) is 4.04. The van der Waals surface area contributed by atoms with Crippen LogP contribution in [0.25, 0.3) is 21.7 Å². The normalized spacial score (nSPS) is 15.3. The van der Waals surface area contributed by atoms with Crippen LogP contribution in [0.4, 0.5) is 8.78 Å². The molecule has 1 aliphatic heterocycles. The number of carbonyl (C=O) groups is 1. The van der Waals surface area contributed by atoms with Crippen LogP contribution in [0.1, 0.15) is 28.1 Å². The SMILES string of the molecule is O=C(NC1CCN(Cc2ccccc2)CC1)c1ccc(-c2nc3cc(F)c(F)cc3[nH]2)s1. The summed E-state index contributed by atoms with van der Waals surface area (Å²) in [7, 11) is 0. The molecule has 1 fully saturated rings. The molecule has 164 valence electrons. The number of benzene rings is 2. The minimum atomic E-state index is -0.934. The zero-order valence-corrected chi connectivity index (χ0v) is 18.1. The van der Waals surface area contributed by atoms with Crippen LogP contribution in [0.3, 0.4) is 0 Å². The van der Waals surface area contributed by atoms with Crippen molar-refractivity contribution in [3.63, 3.8) is 0 Å². The molecule has 8 heteroatoms. The van der Waals surface area contributed by atoms with Crippen LogP contribution in [0, 0.1) is 11.6 Å². The summed E-state index contributed by atoms with van der Waals surface area (Å²) in [5, 5.41) is 3.14. The van der Waals surface area contributed by atoms with E-state index in [1.54, 1.807) is 12.1 Å². The highest BCUT2D eigenvalue weighted by Crippen LogP contribution is 2.29. The molecular weight excluding hydrogens is 430 g/mol. The molecular formula is C24H22F2N4OS. The van der Waals surface area contributed by atoms with Gasteiger partial charge in [-0.05, 0) is 30.5 Å². The molecule has 0 saturated carbocycles. The van der Waals surface area contributed by atoms with Crippen LogP contribution in [0.2, 0.25) is 0 Å². The molecule has 0 spiro atoms. The van der Waals surface area contributed by atoms with E-state index in [4.69, 9.17) is 0 Å². The number of hydrogen-bond donors (Lipinski definition) is 2. The van der Waals surface area contributed by atoms with E-state index < -0.39 is 11.6 Å². The molecule has 3 heterocycles. The molecule has 5 rings (SSSR count). The molecule has 0 radical (unpaired) electrons. The smallest absolute Gasteiger partial charge is 0.261 e. The molecule has 1 amide bonds. The van der Waals surface area contributed by atoms with Gasteiger partial charge in [-0.3, -0.25) is 9.69 Å². The minimum absolute atomic E-state index is 0.101. The number of halogens is 2. The van der Waals surface area contributed by atoms with Crippen molar-refractivity contribution in [3.8, 4) is 10.7 Å². The number of hydrogen-bond acceptors (Lipinski definition) is 4. The van der Waals surface area contributed by atoms with E-state index in [1.165, 1.54) is 16.9 Å². The summed E-state index contributed by atoms with van der Waals surface area (Å²) in [6.07, 6.45) is 1.83. The second-order valence-corrected chi connectivity index (χ2v) is 9.13. The van der Waals surface area contributed by atoms with Gasteiger partial charge >= 0.3 is 0 Å². The zero-order valence-electron chi connectivity index (χ0n) is 17.3. The van der Waals surface area contributed by atoms with Crippen molar-refractivity contribution in [2.24, 2.45) is 0 Å². The molecule has 5 nitrogen and oxygen atoms in total. The van der Waals surface area contributed by atoms with Gasteiger partial charge in [0.2, 0.25) is 0 Å². The number of nitrogens with zero attached hydrogens (tertiary/aromatic N) is 2. The van der Waals surface area contributed by atoms with E-state index in [0.29, 0.717) is 21.7 Å². The number of nitrogens with one attached hydrogen (secondary N) is 2. The van der Waals surface area contributed by atoms with E-state index in [-0.39, 0.29) is 11.9 Å². The maximum Gasteiger partial charge on any atom is 0.261 e. The molecule has 0 bridgehead atoms. The number of aromatic nitrogens is 2. The third kappa shape index (κ3) is 4.42. The van der Waals surface area contributed by atoms with E-state index in [0.717, 1.165) is 49.5 Å². The highest BCUT2D eigenvalue weighted by molar-refractivity contribution is 7.17. The fraction of sp³-hybridized carbons (Fsp3) is 0.250. The maximum absolute atomic E-state index is 13.5. The van der Waals surface area contributed by atoms with Crippen molar-refractivity contribution in [2.75, 3.05) is 13.1 Å². The Labute approximate surface area is 188 Å². The van der Waals surface area contributed by atoms with E-state index in [2.05, 4.69) is 44.5 Å². The minimum Gasteiger partial charge on any atom is -0.349 e. The molecule has 2 N–H and O–H groups in total. The standard InChI is InChI=1S/C24H22F2N4OS/c25-17-12-19-20(13-18(17)26)29-23(28-19)21-6-7-22(32-21)24(31)27-16-8-10-30(11-9-16)14-15-4-2-1-3-5-15/h1-7,12-13,16H,8-11,14H2,(H,27,31)(H,28,29). The maximum atomic E-state index is 13.5. The largest absolute Gasteiger partial charge is 0.349 e. The number of H-pyrrole nitrogens is 1. The summed E-state index contributed by atoms with van der Waals surface area (Å²) >= 11 is 1.30. The summed E-state index contributed by atoms with van der Waals surface area (Å²) < 4.78 is 26.9. The van der Waals surface area contributed by atoms with Crippen molar-refractivity contribution < 1.29 is 13.6 Å². The summed E-state index contributed by atoms with van der Waals surface area (Å²) in [6, 6.07) is 16.3. The summed E-state index contributed by atoms with van der Waals surface area (Å²) in [5.74, 6) is -1.47. The number of fused-ring (bicyclic) bond motifs is 1. The average molecular weight is 453 g/mol. The van der Waals surface area contributed by atoms with Crippen LogP contribution in [0.5, 0.6) is 0 Å². The molecule has 1 saturated heterocycles. The van der Waals surface area contributed by atoms with Gasteiger partial charge < -0.3 is 10.3 Å². The van der Waals surface area contributed by atoms with Crippen LogP contribution < -0.4 is 5.32 Å². The number of likely N-dealkylation sites (tertiary alicyclic amines) is 1. The predicted molar refractivity (Wildman–Crippen MR) is 122 cm³/mol. The third-order valence-electron chi connectivity index (χ3n) is 5.76. The quantitative estimate of drug-likeness (QED) is 0.450. The highest BCUT2D eigenvalue weighted by Gasteiger charge is 2.22. The second kappa shape index (κ2) is 8.80. The molecule has 2 aromatic carbocycles. The number of piperidine rings is 1. The molecule has 1 aliphatic rings. The Morgan fingerprint density at radius 2 is 1.84 bits per heavy atom. The fourth-order valence-corrected chi connectivity index (χ4v) is 4.90. The molecule has 2 aromatic heterocycles. The Hall–Kier alpha value is -3.10. The number of imidazole rings is 1. The monoisotopic (exact) mass is 452 g/mol. The first kappa shape index (κ1) is 20.8. The van der Waals surface area contributed by atoms with Gasteiger partial charge in [-0.25, -0.2) is 13.8 Å². The van der Waals surface area contributed by atoms with E-state index in [1.807, 2.05) is 6.07 Å². The number of aromatic amines is 1. The lowest BCUT2D eigenvalue weighted by atomic mass is 10.0. The first-order chi connectivity index (χ1) is 15.5. The van der Waals surface area contributed by atoms with Gasteiger partial charge in [0.15, 0.2) is 11.6 Å². The highest BCUT2D eigenvalue weighted by atomic mass is 32.1.